The van der Waals surface area contributed by atoms with E-state index in [-0.39, 0.29) is 0 Å². The van der Waals surface area contributed by atoms with Crippen molar-refractivity contribution in [2.24, 2.45) is 0 Å². The second-order valence-electron chi connectivity index (χ2n) is 2.52. The quantitative estimate of drug-likeness (QED) is 0.721. The van der Waals surface area contributed by atoms with Crippen molar-refractivity contribution in [3.8, 4) is 0 Å². The van der Waals surface area contributed by atoms with Crippen molar-refractivity contribution in [2.45, 2.75) is 0 Å². The Kier molecular flexibility index (Phi) is 2.10. The Morgan fingerprint density at radius 2 is 2.25 bits per heavy atom. The second kappa shape index (κ2) is 3.41. The Hall–Kier alpha value is -1.28. The van der Waals surface area contributed by atoms with Crippen LogP contribution < -0.4 is 0 Å². The molecular weight excluding hydrogens is 166 g/mol. The van der Waals surface area contributed by atoms with Crippen molar-refractivity contribution in [2.75, 3.05) is 0 Å². The van der Waals surface area contributed by atoms with E-state index in [0.29, 0.717) is 0 Å². The molecule has 0 aliphatic heterocycles. The normalized spacial score (nSPS) is 11.0. The summed E-state index contributed by atoms with van der Waals surface area (Å²) in [6, 6.07) is 6.14. The standard InChI is InChI=1S/C10H9NS/c1-2-10(11-6-1)4-3-9-5-7-12-8-9/h1-8,11H. The molecule has 0 atom stereocenters. The van der Waals surface area contributed by atoms with Gasteiger partial charge in [0.15, 0.2) is 0 Å². The number of hydrogen-bond acceptors (Lipinski definition) is 1. The largest absolute Gasteiger partial charge is 0.362 e. The fourth-order valence-corrected chi connectivity index (χ4v) is 1.63. The molecule has 2 heteroatoms. The maximum absolute atomic E-state index is 3.12. The maximum Gasteiger partial charge on any atom is 0.0380 e. The summed E-state index contributed by atoms with van der Waals surface area (Å²) in [7, 11) is 0. The number of thiophene rings is 1. The number of rotatable bonds is 2. The van der Waals surface area contributed by atoms with Gasteiger partial charge in [-0.1, -0.05) is 6.08 Å². The van der Waals surface area contributed by atoms with E-state index in [9.17, 15) is 0 Å². The van der Waals surface area contributed by atoms with Gasteiger partial charge in [-0.2, -0.15) is 11.3 Å². The van der Waals surface area contributed by atoms with Crippen LogP contribution in [-0.2, 0) is 0 Å². The summed E-state index contributed by atoms with van der Waals surface area (Å²) in [6.45, 7) is 0. The van der Waals surface area contributed by atoms with Gasteiger partial charge in [-0.15, -0.1) is 0 Å². The molecule has 0 bridgehead atoms. The third kappa shape index (κ3) is 1.66. The van der Waals surface area contributed by atoms with Crippen LogP contribution in [0.2, 0.25) is 0 Å². The van der Waals surface area contributed by atoms with Gasteiger partial charge in [0.1, 0.15) is 0 Å². The zero-order valence-electron chi connectivity index (χ0n) is 6.53. The maximum atomic E-state index is 3.12. The molecule has 1 N–H and O–H groups in total. The molecule has 0 saturated heterocycles. The van der Waals surface area contributed by atoms with Crippen LogP contribution in [0, 0.1) is 0 Å². The van der Waals surface area contributed by atoms with Gasteiger partial charge < -0.3 is 4.98 Å². The van der Waals surface area contributed by atoms with Crippen molar-refractivity contribution in [1.29, 1.82) is 0 Å². The Balaban J connectivity index is 2.14. The van der Waals surface area contributed by atoms with Gasteiger partial charge in [0.05, 0.1) is 0 Å². The summed E-state index contributed by atoms with van der Waals surface area (Å²) >= 11 is 1.72. The molecule has 0 spiro atoms. The fourth-order valence-electron chi connectivity index (χ4n) is 1.00. The molecular formula is C10H9NS. The number of aromatic nitrogens is 1. The highest BCUT2D eigenvalue weighted by Gasteiger charge is 1.86. The Morgan fingerprint density at radius 1 is 1.25 bits per heavy atom. The third-order valence-electron chi connectivity index (χ3n) is 1.62. The topological polar surface area (TPSA) is 15.8 Å². The first kappa shape index (κ1) is 7.37. The third-order valence-corrected chi connectivity index (χ3v) is 2.32. The van der Waals surface area contributed by atoms with Crippen LogP contribution in [0.5, 0.6) is 0 Å². The molecule has 2 aromatic heterocycles. The van der Waals surface area contributed by atoms with E-state index in [2.05, 4.69) is 34.0 Å². The molecule has 60 valence electrons. The van der Waals surface area contributed by atoms with E-state index in [1.54, 1.807) is 11.3 Å². The van der Waals surface area contributed by atoms with Crippen LogP contribution in [0.3, 0.4) is 0 Å². The summed E-state index contributed by atoms with van der Waals surface area (Å²) in [5, 5.41) is 4.20. The molecule has 2 heterocycles. The van der Waals surface area contributed by atoms with Gasteiger partial charge in [0.2, 0.25) is 0 Å². The number of nitrogens with one attached hydrogen (secondary N) is 1. The van der Waals surface area contributed by atoms with Gasteiger partial charge in [-0.25, -0.2) is 0 Å². The number of hydrogen-bond donors (Lipinski definition) is 1. The van der Waals surface area contributed by atoms with Crippen LogP contribution in [0.1, 0.15) is 11.3 Å². The van der Waals surface area contributed by atoms with Crippen LogP contribution in [0.15, 0.2) is 35.2 Å². The summed E-state index contributed by atoms with van der Waals surface area (Å²) < 4.78 is 0. The molecule has 0 unspecified atom stereocenters. The first-order chi connectivity index (χ1) is 5.95. The zero-order chi connectivity index (χ0) is 8.23. The van der Waals surface area contributed by atoms with Crippen molar-refractivity contribution in [1.82, 2.24) is 4.98 Å². The Bertz CT molecular complexity index is 307. The average molecular weight is 175 g/mol. The molecule has 0 aliphatic carbocycles. The number of aromatic amines is 1. The molecule has 0 aliphatic rings. The van der Waals surface area contributed by atoms with Crippen LogP contribution >= 0.6 is 11.3 Å². The first-order valence-corrected chi connectivity index (χ1v) is 4.73. The van der Waals surface area contributed by atoms with Gasteiger partial charge in [-0.3, -0.25) is 0 Å². The Labute approximate surface area is 75.4 Å². The lowest BCUT2D eigenvalue weighted by Gasteiger charge is -1.83. The van der Waals surface area contributed by atoms with Gasteiger partial charge >= 0.3 is 0 Å². The van der Waals surface area contributed by atoms with E-state index >= 15 is 0 Å². The second-order valence-corrected chi connectivity index (χ2v) is 3.30. The minimum atomic E-state index is 1.14. The molecule has 1 nitrogen and oxygen atoms in total. The van der Waals surface area contributed by atoms with Gasteiger partial charge in [0.25, 0.3) is 0 Å². The summed E-state index contributed by atoms with van der Waals surface area (Å²) in [6.07, 6.45) is 6.09. The molecule has 0 radical (unpaired) electrons. The highest BCUT2D eigenvalue weighted by Crippen LogP contribution is 2.09. The summed E-state index contributed by atoms with van der Waals surface area (Å²) in [4.78, 5) is 3.12. The lowest BCUT2D eigenvalue weighted by Crippen LogP contribution is -1.66. The van der Waals surface area contributed by atoms with Crippen LogP contribution in [0.25, 0.3) is 12.2 Å². The van der Waals surface area contributed by atoms with Crippen LogP contribution in [-0.4, -0.2) is 4.98 Å². The van der Waals surface area contributed by atoms with E-state index < -0.39 is 0 Å². The van der Waals surface area contributed by atoms with Gasteiger partial charge in [-0.05, 0) is 40.6 Å². The minimum Gasteiger partial charge on any atom is -0.362 e. The van der Waals surface area contributed by atoms with Crippen LogP contribution in [0.4, 0.5) is 0 Å². The molecule has 0 fully saturated rings. The van der Waals surface area contributed by atoms with E-state index in [4.69, 9.17) is 0 Å². The Morgan fingerprint density at radius 3 is 2.92 bits per heavy atom. The minimum absolute atomic E-state index is 1.14. The smallest absolute Gasteiger partial charge is 0.0380 e. The molecule has 0 amide bonds. The lowest BCUT2D eigenvalue weighted by atomic mass is 10.3. The van der Waals surface area contributed by atoms with Gasteiger partial charge in [0, 0.05) is 11.9 Å². The van der Waals surface area contributed by atoms with Crippen molar-refractivity contribution in [3.63, 3.8) is 0 Å². The monoisotopic (exact) mass is 175 g/mol. The van der Waals surface area contributed by atoms with Crippen molar-refractivity contribution < 1.29 is 0 Å². The number of H-pyrrole nitrogens is 1. The lowest BCUT2D eigenvalue weighted by molar-refractivity contribution is 1.38. The summed E-state index contributed by atoms with van der Waals surface area (Å²) in [5.41, 5.74) is 2.40. The fraction of sp³-hybridized carbons (Fsp3) is 0. The van der Waals surface area contributed by atoms with Crippen molar-refractivity contribution in [3.05, 3.63) is 46.4 Å². The molecule has 0 saturated carbocycles. The average Bonchev–Trinajstić information content (AvgIpc) is 2.74. The van der Waals surface area contributed by atoms with E-state index in [1.807, 2.05) is 18.3 Å². The van der Waals surface area contributed by atoms with E-state index in [0.717, 1.165) is 5.69 Å². The molecule has 2 rings (SSSR count). The highest BCUT2D eigenvalue weighted by atomic mass is 32.1. The summed E-state index contributed by atoms with van der Waals surface area (Å²) in [5.74, 6) is 0. The van der Waals surface area contributed by atoms with E-state index in [1.165, 1.54) is 5.56 Å². The molecule has 0 aromatic carbocycles. The highest BCUT2D eigenvalue weighted by molar-refractivity contribution is 7.08. The predicted octanol–water partition coefficient (Wildman–Crippen LogP) is 3.25. The van der Waals surface area contributed by atoms with Crippen molar-refractivity contribution >= 4 is 23.5 Å². The first-order valence-electron chi connectivity index (χ1n) is 3.79. The molecule has 2 aromatic rings. The molecule has 12 heavy (non-hydrogen) atoms. The SMILES string of the molecule is C(=Cc1ccc[nH]1)c1ccsc1. The zero-order valence-corrected chi connectivity index (χ0v) is 7.34. The predicted molar refractivity (Wildman–Crippen MR) is 54.0 cm³/mol.